The molecule has 2 heterocycles. The van der Waals surface area contributed by atoms with Crippen LogP contribution >= 0.6 is 11.8 Å². The largest absolute Gasteiger partial charge is 0.508 e. The number of rotatable bonds is 6. The first-order chi connectivity index (χ1) is 14.1. The van der Waals surface area contributed by atoms with Gasteiger partial charge in [0.15, 0.2) is 0 Å². The summed E-state index contributed by atoms with van der Waals surface area (Å²) in [5, 5.41) is 10.1. The van der Waals surface area contributed by atoms with Gasteiger partial charge in [-0.2, -0.15) is 0 Å². The van der Waals surface area contributed by atoms with E-state index in [0.29, 0.717) is 5.92 Å². The minimum atomic E-state index is -0.0144. The van der Waals surface area contributed by atoms with E-state index in [2.05, 4.69) is 43.0 Å². The van der Waals surface area contributed by atoms with Crippen LogP contribution in [-0.4, -0.2) is 41.5 Å². The maximum absolute atomic E-state index is 9.79. The molecule has 0 saturated carbocycles. The lowest BCUT2D eigenvalue weighted by Crippen LogP contribution is -2.33. The summed E-state index contributed by atoms with van der Waals surface area (Å²) >= 11 is 1.79. The van der Waals surface area contributed by atoms with Crippen molar-refractivity contribution in [1.82, 2.24) is 4.90 Å². The quantitative estimate of drug-likeness (QED) is 0.676. The Morgan fingerprint density at radius 2 is 1.86 bits per heavy atom. The molecule has 1 saturated heterocycles. The van der Waals surface area contributed by atoms with Crippen LogP contribution in [0.15, 0.2) is 47.4 Å². The number of ether oxygens (including phenoxy) is 2. The highest BCUT2D eigenvalue weighted by atomic mass is 32.2. The van der Waals surface area contributed by atoms with Gasteiger partial charge < -0.3 is 14.6 Å². The summed E-state index contributed by atoms with van der Waals surface area (Å²) in [4.78, 5) is 3.51. The number of thioether (sulfide) groups is 1. The maximum atomic E-state index is 9.79. The van der Waals surface area contributed by atoms with E-state index < -0.39 is 0 Å². The van der Waals surface area contributed by atoms with Crippen molar-refractivity contribution < 1.29 is 14.6 Å². The molecule has 2 aromatic rings. The fourth-order valence-electron chi connectivity index (χ4n) is 4.07. The van der Waals surface area contributed by atoms with Gasteiger partial charge in [0.05, 0.1) is 10.1 Å². The molecule has 0 spiro atoms. The average Bonchev–Trinajstić information content (AvgIpc) is 2.74. The van der Waals surface area contributed by atoms with Crippen molar-refractivity contribution in [2.75, 3.05) is 26.2 Å². The molecule has 2 aliphatic rings. The number of benzene rings is 2. The lowest BCUT2D eigenvalue weighted by molar-refractivity contribution is 0.172. The van der Waals surface area contributed by atoms with Crippen LogP contribution < -0.4 is 9.47 Å². The zero-order valence-electron chi connectivity index (χ0n) is 17.3. The van der Waals surface area contributed by atoms with Crippen LogP contribution in [0.4, 0.5) is 0 Å². The van der Waals surface area contributed by atoms with Crippen LogP contribution in [0.25, 0.3) is 0 Å². The summed E-state index contributed by atoms with van der Waals surface area (Å²) in [5.74, 6) is 2.49. The molecule has 0 unspecified atom stereocenters. The number of likely N-dealkylation sites (tertiary alicyclic amines) is 1. The van der Waals surface area contributed by atoms with Gasteiger partial charge in [-0.15, -0.1) is 11.8 Å². The second-order valence-electron chi connectivity index (χ2n) is 8.32. The van der Waals surface area contributed by atoms with Crippen LogP contribution in [0.3, 0.4) is 0 Å². The lowest BCUT2D eigenvalue weighted by Gasteiger charge is -2.35. The van der Waals surface area contributed by atoms with Crippen molar-refractivity contribution in [2.24, 2.45) is 5.92 Å². The van der Waals surface area contributed by atoms with Gasteiger partial charge in [0, 0.05) is 6.54 Å². The fourth-order valence-corrected chi connectivity index (χ4v) is 5.39. The molecule has 4 rings (SSSR count). The summed E-state index contributed by atoms with van der Waals surface area (Å²) in [7, 11) is 0. The van der Waals surface area contributed by atoms with Crippen LogP contribution in [0.1, 0.15) is 44.8 Å². The Labute approximate surface area is 178 Å². The van der Waals surface area contributed by atoms with Crippen molar-refractivity contribution in [3.05, 3.63) is 48.0 Å². The smallest absolute Gasteiger partial charge is 0.136 e. The molecule has 0 bridgehead atoms. The van der Waals surface area contributed by atoms with Crippen LogP contribution in [-0.2, 0) is 0 Å². The van der Waals surface area contributed by atoms with Gasteiger partial charge in [-0.1, -0.05) is 32.4 Å². The fraction of sp³-hybridized carbons (Fsp3) is 0.500. The monoisotopic (exact) mass is 413 g/mol. The number of phenolic OH excluding ortho intramolecular Hbond substituents is 1. The highest BCUT2D eigenvalue weighted by Crippen LogP contribution is 2.48. The average molecular weight is 414 g/mol. The molecule has 29 heavy (non-hydrogen) atoms. The first-order valence-electron chi connectivity index (χ1n) is 10.7. The SMILES string of the molecule is CC(C)[C@@H]1Sc2cc(O)ccc2O[C@H]1c1ccc(OCCN2CCCCC2)cc1. The number of aromatic hydroxyl groups is 1. The minimum Gasteiger partial charge on any atom is -0.508 e. The number of phenols is 1. The number of fused-ring (bicyclic) bond motifs is 1. The van der Waals surface area contributed by atoms with Gasteiger partial charge in [-0.25, -0.2) is 0 Å². The van der Waals surface area contributed by atoms with Gasteiger partial charge in [0.25, 0.3) is 0 Å². The molecule has 1 fully saturated rings. The first kappa shape index (κ1) is 20.4. The van der Waals surface area contributed by atoms with E-state index in [4.69, 9.17) is 9.47 Å². The zero-order chi connectivity index (χ0) is 20.2. The summed E-state index contributed by atoms with van der Waals surface area (Å²) in [6.07, 6.45) is 3.98. The Hall–Kier alpha value is -1.85. The van der Waals surface area contributed by atoms with E-state index in [1.165, 1.54) is 37.9 Å². The topological polar surface area (TPSA) is 41.9 Å². The third-order valence-electron chi connectivity index (χ3n) is 5.73. The third kappa shape index (κ3) is 5.01. The highest BCUT2D eigenvalue weighted by molar-refractivity contribution is 8.00. The Morgan fingerprint density at radius 1 is 1.10 bits per heavy atom. The molecular weight excluding hydrogens is 382 g/mol. The van der Waals surface area contributed by atoms with Gasteiger partial charge >= 0.3 is 0 Å². The molecule has 2 aliphatic heterocycles. The molecule has 1 N–H and O–H groups in total. The molecule has 0 radical (unpaired) electrons. The number of hydrogen-bond donors (Lipinski definition) is 1. The molecule has 0 aliphatic carbocycles. The van der Waals surface area contributed by atoms with E-state index >= 15 is 0 Å². The summed E-state index contributed by atoms with van der Waals surface area (Å²) in [6, 6.07) is 13.7. The number of piperidine rings is 1. The molecule has 5 heteroatoms. The van der Waals surface area contributed by atoms with E-state index in [1.54, 1.807) is 23.9 Å². The minimum absolute atomic E-state index is 0.0144. The Balaban J connectivity index is 1.41. The predicted molar refractivity (Wildman–Crippen MR) is 118 cm³/mol. The normalized spacial score (nSPS) is 22.2. The maximum Gasteiger partial charge on any atom is 0.136 e. The van der Waals surface area contributed by atoms with Gasteiger partial charge in [-0.3, -0.25) is 4.90 Å². The molecule has 2 atom stereocenters. The van der Waals surface area contributed by atoms with Gasteiger partial charge in [0.1, 0.15) is 30.0 Å². The number of hydrogen-bond acceptors (Lipinski definition) is 5. The van der Waals surface area contributed by atoms with Crippen molar-refractivity contribution >= 4 is 11.8 Å². The Kier molecular flexibility index (Phi) is 6.56. The van der Waals surface area contributed by atoms with Crippen LogP contribution in [0.2, 0.25) is 0 Å². The van der Waals surface area contributed by atoms with Crippen molar-refractivity contribution in [1.29, 1.82) is 0 Å². The van der Waals surface area contributed by atoms with E-state index in [9.17, 15) is 5.11 Å². The summed E-state index contributed by atoms with van der Waals surface area (Å²) in [6.45, 7) is 8.59. The van der Waals surface area contributed by atoms with Gasteiger partial charge in [-0.05, 0) is 67.7 Å². The standard InChI is InChI=1S/C24H31NO3S/c1-17(2)24-23(28-21-11-8-19(26)16-22(21)29-24)18-6-9-20(10-7-18)27-15-14-25-12-4-3-5-13-25/h6-11,16-17,23-24,26H,3-5,12-15H2,1-2H3/t23-,24-/m0/s1. The second kappa shape index (κ2) is 9.31. The summed E-state index contributed by atoms with van der Waals surface area (Å²) < 4.78 is 12.3. The highest BCUT2D eigenvalue weighted by Gasteiger charge is 2.34. The van der Waals surface area contributed by atoms with Crippen molar-refractivity contribution in [3.8, 4) is 17.2 Å². The zero-order valence-corrected chi connectivity index (χ0v) is 18.2. The van der Waals surface area contributed by atoms with Crippen molar-refractivity contribution in [3.63, 3.8) is 0 Å². The Bertz CT molecular complexity index is 802. The van der Waals surface area contributed by atoms with Crippen molar-refractivity contribution in [2.45, 2.75) is 49.4 Å². The second-order valence-corrected chi connectivity index (χ2v) is 9.54. The molecular formula is C24H31NO3S. The van der Waals surface area contributed by atoms with Gasteiger partial charge in [0.2, 0.25) is 0 Å². The van der Waals surface area contributed by atoms with Crippen LogP contribution in [0.5, 0.6) is 17.2 Å². The molecule has 0 amide bonds. The molecule has 0 aromatic heterocycles. The number of nitrogens with zero attached hydrogens (tertiary/aromatic N) is 1. The lowest BCUT2D eigenvalue weighted by atomic mass is 9.98. The van der Waals surface area contributed by atoms with E-state index in [0.717, 1.165) is 29.5 Å². The summed E-state index contributed by atoms with van der Waals surface area (Å²) in [5.41, 5.74) is 1.17. The van der Waals surface area contributed by atoms with E-state index in [1.807, 2.05) is 6.07 Å². The third-order valence-corrected chi connectivity index (χ3v) is 7.37. The Morgan fingerprint density at radius 3 is 2.59 bits per heavy atom. The molecule has 2 aromatic carbocycles. The van der Waals surface area contributed by atoms with E-state index in [-0.39, 0.29) is 17.1 Å². The molecule has 4 nitrogen and oxygen atoms in total. The van der Waals surface area contributed by atoms with Crippen LogP contribution in [0, 0.1) is 5.92 Å². The molecule has 156 valence electrons. The first-order valence-corrected chi connectivity index (χ1v) is 11.6. The predicted octanol–water partition coefficient (Wildman–Crippen LogP) is 5.51.